The molecule has 0 bridgehead atoms. The first kappa shape index (κ1) is 16.6. The molecule has 0 unspecified atom stereocenters. The predicted molar refractivity (Wildman–Crippen MR) is 97.3 cm³/mol. The van der Waals surface area contributed by atoms with Crippen molar-refractivity contribution in [2.75, 3.05) is 18.5 Å². The Balaban J connectivity index is 1.64. The molecule has 3 aromatic rings. The molecule has 3 aromatic carbocycles. The van der Waals surface area contributed by atoms with Crippen molar-refractivity contribution in [2.45, 2.75) is 6.92 Å². The van der Waals surface area contributed by atoms with Gasteiger partial charge in [0.05, 0.1) is 6.61 Å². The van der Waals surface area contributed by atoms with Gasteiger partial charge in [0.25, 0.3) is 5.91 Å². The van der Waals surface area contributed by atoms with E-state index in [0.717, 1.165) is 11.1 Å². The van der Waals surface area contributed by atoms with E-state index in [0.29, 0.717) is 23.4 Å². The molecular weight excluding hydrogens is 318 g/mol. The molecule has 0 saturated carbocycles. The van der Waals surface area contributed by atoms with Gasteiger partial charge in [-0.25, -0.2) is 0 Å². The Morgan fingerprint density at radius 2 is 1.56 bits per heavy atom. The van der Waals surface area contributed by atoms with E-state index in [2.05, 4.69) is 5.32 Å². The minimum atomic E-state index is -0.273. The summed E-state index contributed by atoms with van der Waals surface area (Å²) in [5.74, 6) is 1.26. The van der Waals surface area contributed by atoms with E-state index in [9.17, 15) is 9.90 Å². The van der Waals surface area contributed by atoms with Crippen molar-refractivity contribution < 1.29 is 19.4 Å². The van der Waals surface area contributed by atoms with Gasteiger partial charge in [-0.3, -0.25) is 4.79 Å². The molecule has 1 amide bonds. The third-order valence-electron chi connectivity index (χ3n) is 3.68. The number of fused-ring (bicyclic) bond motifs is 1. The van der Waals surface area contributed by atoms with Crippen molar-refractivity contribution in [1.82, 2.24) is 0 Å². The van der Waals surface area contributed by atoms with E-state index in [1.54, 1.807) is 54.6 Å². The maximum atomic E-state index is 12.2. The molecule has 0 aliphatic rings. The van der Waals surface area contributed by atoms with E-state index in [4.69, 9.17) is 9.47 Å². The van der Waals surface area contributed by atoms with E-state index in [1.807, 2.05) is 13.0 Å². The lowest BCUT2D eigenvalue weighted by atomic mass is 10.1. The second kappa shape index (κ2) is 7.57. The largest absolute Gasteiger partial charge is 0.507 e. The maximum absolute atomic E-state index is 12.2. The number of hydrogen-bond acceptors (Lipinski definition) is 4. The molecule has 0 aromatic heterocycles. The van der Waals surface area contributed by atoms with E-state index in [-0.39, 0.29) is 18.3 Å². The predicted octanol–water partition coefficient (Wildman–Crippen LogP) is 3.96. The summed E-state index contributed by atoms with van der Waals surface area (Å²) in [6, 6.07) is 17.7. The van der Waals surface area contributed by atoms with Crippen LogP contribution in [0.15, 0.2) is 60.7 Å². The Morgan fingerprint density at radius 1 is 0.920 bits per heavy atom. The minimum absolute atomic E-state index is 0.108. The first-order chi connectivity index (χ1) is 12.2. The van der Waals surface area contributed by atoms with Gasteiger partial charge in [0.1, 0.15) is 17.2 Å². The summed E-state index contributed by atoms with van der Waals surface area (Å²) in [4.78, 5) is 12.2. The molecular formula is C20H19NO4. The summed E-state index contributed by atoms with van der Waals surface area (Å²) >= 11 is 0. The monoisotopic (exact) mass is 337 g/mol. The molecule has 0 spiro atoms. The van der Waals surface area contributed by atoms with E-state index in [1.165, 1.54) is 0 Å². The Labute approximate surface area is 145 Å². The molecule has 0 heterocycles. The molecule has 0 fully saturated rings. The number of phenols is 1. The van der Waals surface area contributed by atoms with Gasteiger partial charge >= 0.3 is 0 Å². The van der Waals surface area contributed by atoms with Crippen LogP contribution in [0.2, 0.25) is 0 Å². The fourth-order valence-corrected chi connectivity index (χ4v) is 2.54. The number of aromatic hydroxyl groups is 1. The molecule has 0 radical (unpaired) electrons. The van der Waals surface area contributed by atoms with Gasteiger partial charge in [0.15, 0.2) is 6.61 Å². The maximum Gasteiger partial charge on any atom is 0.262 e. The quantitative estimate of drug-likeness (QED) is 0.714. The molecule has 5 nitrogen and oxygen atoms in total. The molecule has 3 rings (SSSR count). The van der Waals surface area contributed by atoms with Crippen molar-refractivity contribution in [1.29, 1.82) is 0 Å². The number of amides is 1. The minimum Gasteiger partial charge on any atom is -0.507 e. The Hall–Kier alpha value is -3.21. The molecule has 0 atom stereocenters. The van der Waals surface area contributed by atoms with Crippen LogP contribution in [0.5, 0.6) is 17.2 Å². The second-order valence-electron chi connectivity index (χ2n) is 5.42. The highest BCUT2D eigenvalue weighted by molar-refractivity contribution is 6.04. The van der Waals surface area contributed by atoms with Crippen LogP contribution >= 0.6 is 0 Å². The highest BCUT2D eigenvalue weighted by Gasteiger charge is 2.08. The molecule has 0 aliphatic heterocycles. The summed E-state index contributed by atoms with van der Waals surface area (Å²) in [5.41, 5.74) is 0.633. The zero-order valence-electron chi connectivity index (χ0n) is 13.9. The highest BCUT2D eigenvalue weighted by Crippen LogP contribution is 2.29. The van der Waals surface area contributed by atoms with Gasteiger partial charge in [-0.05, 0) is 43.3 Å². The summed E-state index contributed by atoms with van der Waals surface area (Å²) < 4.78 is 10.9. The average molecular weight is 337 g/mol. The fourth-order valence-electron chi connectivity index (χ4n) is 2.54. The molecule has 5 heteroatoms. The standard InChI is InChI=1S/C20H19NO4/c1-2-24-14-9-11-15(12-10-14)25-13-20(23)21-18-7-3-6-17-16(18)5-4-8-19(17)22/h3-12,22H,2,13H2,1H3,(H,21,23). The van der Waals surface area contributed by atoms with Gasteiger partial charge in [0.2, 0.25) is 0 Å². The van der Waals surface area contributed by atoms with Crippen molar-refractivity contribution in [3.63, 3.8) is 0 Å². The van der Waals surface area contributed by atoms with Gasteiger partial charge in [0, 0.05) is 16.5 Å². The number of benzene rings is 3. The topological polar surface area (TPSA) is 67.8 Å². The second-order valence-corrected chi connectivity index (χ2v) is 5.42. The zero-order valence-corrected chi connectivity index (χ0v) is 13.9. The van der Waals surface area contributed by atoms with Crippen LogP contribution in [0.3, 0.4) is 0 Å². The van der Waals surface area contributed by atoms with E-state index < -0.39 is 0 Å². The van der Waals surface area contributed by atoms with Crippen molar-refractivity contribution >= 4 is 22.4 Å². The summed E-state index contributed by atoms with van der Waals surface area (Å²) in [7, 11) is 0. The number of carbonyl (C=O) groups is 1. The van der Waals surface area contributed by atoms with E-state index >= 15 is 0 Å². The van der Waals surface area contributed by atoms with Crippen molar-refractivity contribution in [3.05, 3.63) is 60.7 Å². The average Bonchev–Trinajstić information content (AvgIpc) is 2.62. The zero-order chi connectivity index (χ0) is 17.6. The lowest BCUT2D eigenvalue weighted by molar-refractivity contribution is -0.118. The first-order valence-electron chi connectivity index (χ1n) is 8.03. The first-order valence-corrected chi connectivity index (χ1v) is 8.03. The number of hydrogen-bond donors (Lipinski definition) is 2. The van der Waals surface area contributed by atoms with Crippen molar-refractivity contribution in [2.24, 2.45) is 0 Å². The molecule has 0 aliphatic carbocycles. The Kier molecular flexibility index (Phi) is 5.04. The van der Waals surface area contributed by atoms with Crippen LogP contribution < -0.4 is 14.8 Å². The Bertz CT molecular complexity index is 875. The summed E-state index contributed by atoms with van der Waals surface area (Å²) in [5, 5.41) is 14.2. The highest BCUT2D eigenvalue weighted by atomic mass is 16.5. The van der Waals surface area contributed by atoms with Crippen LogP contribution in [0.4, 0.5) is 5.69 Å². The number of nitrogens with one attached hydrogen (secondary N) is 1. The fraction of sp³-hybridized carbons (Fsp3) is 0.150. The lowest BCUT2D eigenvalue weighted by Crippen LogP contribution is -2.20. The van der Waals surface area contributed by atoms with Crippen LogP contribution in [0.1, 0.15) is 6.92 Å². The summed E-state index contributed by atoms with van der Waals surface area (Å²) in [6.07, 6.45) is 0. The molecule has 0 saturated heterocycles. The van der Waals surface area contributed by atoms with Gasteiger partial charge in [-0.15, -0.1) is 0 Å². The van der Waals surface area contributed by atoms with Crippen molar-refractivity contribution in [3.8, 4) is 17.2 Å². The number of phenolic OH excluding ortho intramolecular Hbond substituents is 1. The smallest absolute Gasteiger partial charge is 0.262 e. The third kappa shape index (κ3) is 4.01. The van der Waals surface area contributed by atoms with Gasteiger partial charge in [-0.1, -0.05) is 24.3 Å². The lowest BCUT2D eigenvalue weighted by Gasteiger charge is -2.11. The number of anilines is 1. The number of carbonyl (C=O) groups excluding carboxylic acids is 1. The molecule has 25 heavy (non-hydrogen) atoms. The molecule has 128 valence electrons. The summed E-state index contributed by atoms with van der Waals surface area (Å²) in [6.45, 7) is 2.41. The van der Waals surface area contributed by atoms with Gasteiger partial charge in [-0.2, -0.15) is 0 Å². The van der Waals surface area contributed by atoms with Crippen LogP contribution in [-0.2, 0) is 4.79 Å². The number of rotatable bonds is 6. The van der Waals surface area contributed by atoms with Crippen LogP contribution in [-0.4, -0.2) is 24.2 Å². The SMILES string of the molecule is CCOc1ccc(OCC(=O)Nc2cccc3c(O)cccc23)cc1. The Morgan fingerprint density at radius 3 is 2.28 bits per heavy atom. The van der Waals surface area contributed by atoms with Crippen LogP contribution in [0.25, 0.3) is 10.8 Å². The van der Waals surface area contributed by atoms with Crippen LogP contribution in [0, 0.1) is 0 Å². The third-order valence-corrected chi connectivity index (χ3v) is 3.68. The molecule has 2 N–H and O–H groups in total. The normalized spacial score (nSPS) is 10.4. The van der Waals surface area contributed by atoms with Gasteiger partial charge < -0.3 is 19.9 Å². The number of ether oxygens (including phenoxy) is 2.